The second kappa shape index (κ2) is 7.19. The highest BCUT2D eigenvalue weighted by molar-refractivity contribution is 7.13. The van der Waals surface area contributed by atoms with Gasteiger partial charge in [-0.15, -0.1) is 23.7 Å². The van der Waals surface area contributed by atoms with Crippen LogP contribution in [-0.2, 0) is 6.42 Å². The molecular formula is C12H20ClN3O2S. The molecule has 2 heterocycles. The van der Waals surface area contributed by atoms with E-state index < -0.39 is 0 Å². The molecule has 1 aromatic heterocycles. The highest BCUT2D eigenvalue weighted by atomic mass is 35.5. The Morgan fingerprint density at radius 2 is 2.32 bits per heavy atom. The van der Waals surface area contributed by atoms with E-state index in [1.807, 2.05) is 13.8 Å². The maximum absolute atomic E-state index is 12.0. The van der Waals surface area contributed by atoms with Crippen LogP contribution in [0.25, 0.3) is 0 Å². The minimum Gasteiger partial charge on any atom is -0.391 e. The van der Waals surface area contributed by atoms with Crippen molar-refractivity contribution in [3.05, 3.63) is 15.6 Å². The van der Waals surface area contributed by atoms with Crippen LogP contribution in [0.1, 0.15) is 27.3 Å². The van der Waals surface area contributed by atoms with Gasteiger partial charge in [-0.2, -0.15) is 0 Å². The van der Waals surface area contributed by atoms with Gasteiger partial charge in [0, 0.05) is 25.6 Å². The van der Waals surface area contributed by atoms with Crippen molar-refractivity contribution in [2.75, 3.05) is 19.6 Å². The van der Waals surface area contributed by atoms with E-state index in [9.17, 15) is 9.90 Å². The van der Waals surface area contributed by atoms with Crippen molar-refractivity contribution in [2.45, 2.75) is 26.4 Å². The molecule has 2 atom stereocenters. The molecule has 0 saturated carbocycles. The number of nitrogens with one attached hydrogen (secondary N) is 2. The first-order valence-electron chi connectivity index (χ1n) is 6.25. The SMILES string of the molecule is CCc1nc(C)c(C(=O)NCC2CNCC2O)s1.Cl. The van der Waals surface area contributed by atoms with E-state index in [1.165, 1.54) is 11.3 Å². The number of aliphatic hydroxyl groups is 1. The number of aromatic nitrogens is 1. The molecule has 1 aliphatic rings. The topological polar surface area (TPSA) is 74.2 Å². The summed E-state index contributed by atoms with van der Waals surface area (Å²) in [6.45, 7) is 5.76. The Labute approximate surface area is 123 Å². The van der Waals surface area contributed by atoms with Gasteiger partial charge in [0.1, 0.15) is 4.88 Å². The fraction of sp³-hybridized carbons (Fsp3) is 0.667. The number of amides is 1. The molecule has 1 aromatic rings. The number of thiazole rings is 1. The monoisotopic (exact) mass is 305 g/mol. The van der Waals surface area contributed by atoms with Crippen LogP contribution in [0.3, 0.4) is 0 Å². The van der Waals surface area contributed by atoms with Gasteiger partial charge in [0.15, 0.2) is 0 Å². The van der Waals surface area contributed by atoms with Crippen molar-refractivity contribution < 1.29 is 9.90 Å². The Morgan fingerprint density at radius 1 is 1.58 bits per heavy atom. The molecule has 0 bridgehead atoms. The number of halogens is 1. The fourth-order valence-electron chi connectivity index (χ4n) is 2.05. The molecule has 1 fully saturated rings. The number of carbonyl (C=O) groups is 1. The van der Waals surface area contributed by atoms with E-state index in [4.69, 9.17) is 0 Å². The lowest BCUT2D eigenvalue weighted by molar-refractivity contribution is 0.0930. The first kappa shape index (κ1) is 16.4. The highest BCUT2D eigenvalue weighted by Gasteiger charge is 2.25. The Kier molecular flexibility index (Phi) is 6.19. The summed E-state index contributed by atoms with van der Waals surface area (Å²) in [5, 5.41) is 16.6. The van der Waals surface area contributed by atoms with Crippen LogP contribution in [0.5, 0.6) is 0 Å². The van der Waals surface area contributed by atoms with Crippen molar-refractivity contribution in [3.63, 3.8) is 0 Å². The van der Waals surface area contributed by atoms with Crippen LogP contribution in [-0.4, -0.2) is 41.7 Å². The Balaban J connectivity index is 0.00000180. The molecule has 5 nitrogen and oxygen atoms in total. The van der Waals surface area contributed by atoms with E-state index >= 15 is 0 Å². The molecule has 2 unspecified atom stereocenters. The van der Waals surface area contributed by atoms with E-state index in [2.05, 4.69) is 15.6 Å². The summed E-state index contributed by atoms with van der Waals surface area (Å²) in [6, 6.07) is 0. The number of aryl methyl sites for hydroxylation is 2. The number of hydrogen-bond donors (Lipinski definition) is 3. The molecule has 0 aromatic carbocycles. The predicted octanol–water partition coefficient (Wildman–Crippen LogP) is 0.746. The first-order valence-corrected chi connectivity index (χ1v) is 7.06. The zero-order valence-electron chi connectivity index (χ0n) is 11.1. The molecule has 0 spiro atoms. The van der Waals surface area contributed by atoms with Crippen molar-refractivity contribution in [1.29, 1.82) is 0 Å². The van der Waals surface area contributed by atoms with Gasteiger partial charge in [0.25, 0.3) is 5.91 Å². The van der Waals surface area contributed by atoms with E-state index in [0.29, 0.717) is 18.0 Å². The third-order valence-electron chi connectivity index (χ3n) is 3.18. The molecular weight excluding hydrogens is 286 g/mol. The predicted molar refractivity (Wildman–Crippen MR) is 78.2 cm³/mol. The molecule has 108 valence electrons. The maximum Gasteiger partial charge on any atom is 0.263 e. The number of β-amino-alcohol motifs (C(OH)–C–C–N with tert-alkyl or cyclic N) is 1. The maximum atomic E-state index is 12.0. The minimum atomic E-state index is -0.362. The molecule has 7 heteroatoms. The number of carbonyl (C=O) groups excluding carboxylic acids is 1. The fourth-order valence-corrected chi connectivity index (χ4v) is 2.97. The second-order valence-corrected chi connectivity index (χ2v) is 5.66. The third kappa shape index (κ3) is 3.89. The standard InChI is InChI=1S/C12H19N3O2S.ClH/c1-3-10-15-7(2)11(18-10)12(17)14-5-8-4-13-6-9(8)16;/h8-9,13,16H,3-6H2,1-2H3,(H,14,17);1H. The van der Waals surface area contributed by atoms with Crippen LogP contribution in [0.4, 0.5) is 0 Å². The molecule has 2 rings (SSSR count). The molecule has 1 amide bonds. The van der Waals surface area contributed by atoms with Crippen LogP contribution < -0.4 is 10.6 Å². The molecule has 0 radical (unpaired) electrons. The summed E-state index contributed by atoms with van der Waals surface area (Å²) < 4.78 is 0. The van der Waals surface area contributed by atoms with Gasteiger partial charge in [-0.05, 0) is 13.3 Å². The van der Waals surface area contributed by atoms with E-state index in [-0.39, 0.29) is 30.3 Å². The van der Waals surface area contributed by atoms with Crippen LogP contribution in [0.15, 0.2) is 0 Å². The summed E-state index contributed by atoms with van der Waals surface area (Å²) in [6.07, 6.45) is 0.489. The van der Waals surface area contributed by atoms with E-state index in [0.717, 1.165) is 23.7 Å². The number of hydrogen-bond acceptors (Lipinski definition) is 5. The largest absolute Gasteiger partial charge is 0.391 e. The summed E-state index contributed by atoms with van der Waals surface area (Å²) in [7, 11) is 0. The van der Waals surface area contributed by atoms with Gasteiger partial charge < -0.3 is 15.7 Å². The summed E-state index contributed by atoms with van der Waals surface area (Å²) in [4.78, 5) is 17.0. The lowest BCUT2D eigenvalue weighted by Crippen LogP contribution is -2.34. The van der Waals surface area contributed by atoms with E-state index in [1.54, 1.807) is 0 Å². The number of rotatable bonds is 4. The van der Waals surface area contributed by atoms with Crippen LogP contribution >= 0.6 is 23.7 Å². The van der Waals surface area contributed by atoms with Crippen molar-refractivity contribution in [2.24, 2.45) is 5.92 Å². The van der Waals surface area contributed by atoms with Gasteiger partial charge in [0.2, 0.25) is 0 Å². The summed E-state index contributed by atoms with van der Waals surface area (Å²) in [5.41, 5.74) is 0.791. The van der Waals surface area contributed by atoms with Crippen LogP contribution in [0.2, 0.25) is 0 Å². The summed E-state index contributed by atoms with van der Waals surface area (Å²) >= 11 is 1.45. The van der Waals surface area contributed by atoms with Crippen molar-refractivity contribution in [1.82, 2.24) is 15.6 Å². The lowest BCUT2D eigenvalue weighted by atomic mass is 10.1. The molecule has 19 heavy (non-hydrogen) atoms. The summed E-state index contributed by atoms with van der Waals surface area (Å²) in [5.74, 6) is 0.0247. The molecule has 1 aliphatic heterocycles. The second-order valence-electron chi connectivity index (χ2n) is 4.57. The Morgan fingerprint density at radius 3 is 2.84 bits per heavy atom. The van der Waals surface area contributed by atoms with Gasteiger partial charge in [0.05, 0.1) is 16.8 Å². The average Bonchev–Trinajstić information content (AvgIpc) is 2.92. The zero-order valence-corrected chi connectivity index (χ0v) is 12.7. The number of nitrogens with zero attached hydrogens (tertiary/aromatic N) is 1. The van der Waals surface area contributed by atoms with Gasteiger partial charge in [-0.1, -0.05) is 6.92 Å². The van der Waals surface area contributed by atoms with Gasteiger partial charge in [-0.25, -0.2) is 4.98 Å². The highest BCUT2D eigenvalue weighted by Crippen LogP contribution is 2.18. The van der Waals surface area contributed by atoms with Gasteiger partial charge in [-0.3, -0.25) is 4.79 Å². The molecule has 1 saturated heterocycles. The third-order valence-corrected chi connectivity index (χ3v) is 4.48. The lowest BCUT2D eigenvalue weighted by Gasteiger charge is -2.13. The smallest absolute Gasteiger partial charge is 0.263 e. The molecule has 0 aliphatic carbocycles. The zero-order chi connectivity index (χ0) is 13.1. The van der Waals surface area contributed by atoms with Crippen molar-refractivity contribution >= 4 is 29.7 Å². The van der Waals surface area contributed by atoms with Crippen molar-refractivity contribution in [3.8, 4) is 0 Å². The normalized spacial score (nSPS) is 22.1. The minimum absolute atomic E-state index is 0. The first-order chi connectivity index (χ1) is 8.61. The molecule has 3 N–H and O–H groups in total. The Bertz CT molecular complexity index is 439. The number of aliphatic hydroxyl groups excluding tert-OH is 1. The van der Waals surface area contributed by atoms with Gasteiger partial charge >= 0.3 is 0 Å². The average molecular weight is 306 g/mol. The Hall–Kier alpha value is -0.690. The van der Waals surface area contributed by atoms with Crippen LogP contribution in [0, 0.1) is 12.8 Å². The quantitative estimate of drug-likeness (QED) is 0.767.